The van der Waals surface area contributed by atoms with Gasteiger partial charge in [-0.25, -0.2) is 0 Å². The van der Waals surface area contributed by atoms with Gasteiger partial charge in [-0.2, -0.15) is 0 Å². The zero-order valence-electron chi connectivity index (χ0n) is 10.1. The summed E-state index contributed by atoms with van der Waals surface area (Å²) >= 11 is 6.10. The van der Waals surface area contributed by atoms with Crippen LogP contribution in [0.1, 0.15) is 24.0 Å². The molecule has 1 aliphatic carbocycles. The summed E-state index contributed by atoms with van der Waals surface area (Å²) < 4.78 is 4.98. The molecule has 1 aliphatic rings. The Balaban J connectivity index is 1.99. The fraction of sp³-hybridized carbons (Fsp3) is 0.429. The highest BCUT2D eigenvalue weighted by molar-refractivity contribution is 6.30. The molecule has 17 heavy (non-hydrogen) atoms. The van der Waals surface area contributed by atoms with Crippen LogP contribution in [0.4, 0.5) is 0 Å². The van der Waals surface area contributed by atoms with Crippen molar-refractivity contribution < 1.29 is 4.74 Å². The number of rotatable bonds is 6. The Hall–Kier alpha value is -0.830. The summed E-state index contributed by atoms with van der Waals surface area (Å²) in [6.07, 6.45) is 6.64. The van der Waals surface area contributed by atoms with Gasteiger partial charge >= 0.3 is 0 Å². The van der Waals surface area contributed by atoms with Crippen LogP contribution in [0.2, 0.25) is 5.02 Å². The second-order valence-electron chi connectivity index (χ2n) is 4.41. The van der Waals surface area contributed by atoms with E-state index in [1.54, 1.807) is 7.11 Å². The fourth-order valence-electron chi connectivity index (χ4n) is 1.70. The number of halogens is 1. The average molecular weight is 252 g/mol. The molecular weight excluding hydrogens is 234 g/mol. The Morgan fingerprint density at radius 3 is 2.94 bits per heavy atom. The molecule has 1 aromatic rings. The van der Waals surface area contributed by atoms with E-state index in [1.165, 1.54) is 18.4 Å². The summed E-state index contributed by atoms with van der Waals surface area (Å²) in [4.78, 5) is 0. The van der Waals surface area contributed by atoms with Crippen LogP contribution in [0.5, 0.6) is 0 Å². The van der Waals surface area contributed by atoms with Gasteiger partial charge in [-0.1, -0.05) is 29.8 Å². The van der Waals surface area contributed by atoms with Gasteiger partial charge in [0, 0.05) is 24.7 Å². The van der Waals surface area contributed by atoms with Crippen molar-refractivity contribution in [1.82, 2.24) is 5.32 Å². The maximum atomic E-state index is 6.10. The van der Waals surface area contributed by atoms with Crippen molar-refractivity contribution >= 4 is 17.7 Å². The average Bonchev–Trinajstić information content (AvgIpc) is 3.10. The van der Waals surface area contributed by atoms with Crippen LogP contribution in [0.25, 0.3) is 6.08 Å². The Labute approximate surface area is 108 Å². The van der Waals surface area contributed by atoms with Gasteiger partial charge in [-0.05, 0) is 36.1 Å². The molecule has 0 radical (unpaired) electrons. The maximum absolute atomic E-state index is 6.10. The summed E-state index contributed by atoms with van der Waals surface area (Å²) in [5, 5.41) is 4.28. The Morgan fingerprint density at radius 1 is 1.41 bits per heavy atom. The van der Waals surface area contributed by atoms with E-state index >= 15 is 0 Å². The summed E-state index contributed by atoms with van der Waals surface area (Å²) in [7, 11) is 1.69. The third kappa shape index (κ3) is 4.50. The van der Waals surface area contributed by atoms with Gasteiger partial charge in [0.15, 0.2) is 0 Å². The Kier molecular flexibility index (Phi) is 4.60. The molecule has 1 saturated carbocycles. The second-order valence-corrected chi connectivity index (χ2v) is 4.84. The molecule has 0 spiro atoms. The molecule has 2 nitrogen and oxygen atoms in total. The summed E-state index contributed by atoms with van der Waals surface area (Å²) in [5.41, 5.74) is 2.36. The molecule has 1 fully saturated rings. The molecule has 92 valence electrons. The largest absolute Gasteiger partial charge is 0.381 e. The molecule has 1 aromatic carbocycles. The number of benzene rings is 1. The Bertz CT molecular complexity index is 399. The van der Waals surface area contributed by atoms with E-state index in [2.05, 4.69) is 11.4 Å². The maximum Gasteiger partial charge on any atom is 0.0646 e. The van der Waals surface area contributed by atoms with Crippen LogP contribution < -0.4 is 5.32 Å². The highest BCUT2D eigenvalue weighted by Gasteiger charge is 2.19. The zero-order valence-corrected chi connectivity index (χ0v) is 10.8. The van der Waals surface area contributed by atoms with Crippen molar-refractivity contribution in [3.8, 4) is 0 Å². The minimum absolute atomic E-state index is 0.627. The van der Waals surface area contributed by atoms with E-state index in [0.29, 0.717) is 6.61 Å². The third-order valence-corrected chi connectivity index (χ3v) is 2.94. The first-order chi connectivity index (χ1) is 8.28. The SMILES string of the molecule is COCC=Cc1cc(Cl)cc(CNC2CC2)c1. The molecule has 3 heteroatoms. The summed E-state index contributed by atoms with van der Waals surface area (Å²) in [6, 6.07) is 6.87. The third-order valence-electron chi connectivity index (χ3n) is 2.73. The standard InChI is InChI=1S/C14H18ClNO/c1-17-6-2-3-11-7-12(9-13(15)8-11)10-16-14-4-5-14/h2-3,7-9,14,16H,4-6,10H2,1H3. The molecule has 1 N–H and O–H groups in total. The molecule has 0 saturated heterocycles. The first-order valence-electron chi connectivity index (χ1n) is 5.96. The summed E-state index contributed by atoms with van der Waals surface area (Å²) in [6.45, 7) is 1.53. The van der Waals surface area contributed by atoms with E-state index in [4.69, 9.17) is 16.3 Å². The predicted octanol–water partition coefficient (Wildman–Crippen LogP) is 3.25. The quantitative estimate of drug-likeness (QED) is 0.838. The minimum atomic E-state index is 0.627. The number of methoxy groups -OCH3 is 1. The van der Waals surface area contributed by atoms with E-state index < -0.39 is 0 Å². The fourth-order valence-corrected chi connectivity index (χ4v) is 1.97. The van der Waals surface area contributed by atoms with Crippen molar-refractivity contribution in [1.29, 1.82) is 0 Å². The van der Waals surface area contributed by atoms with Crippen LogP contribution in [-0.2, 0) is 11.3 Å². The number of nitrogens with one attached hydrogen (secondary N) is 1. The molecule has 0 heterocycles. The van der Waals surface area contributed by atoms with E-state index in [0.717, 1.165) is 23.2 Å². The first-order valence-corrected chi connectivity index (χ1v) is 6.34. The lowest BCUT2D eigenvalue weighted by atomic mass is 10.1. The highest BCUT2D eigenvalue weighted by atomic mass is 35.5. The van der Waals surface area contributed by atoms with Crippen LogP contribution in [0, 0.1) is 0 Å². The lowest BCUT2D eigenvalue weighted by molar-refractivity contribution is 0.234. The number of hydrogen-bond acceptors (Lipinski definition) is 2. The lowest BCUT2D eigenvalue weighted by Crippen LogP contribution is -2.15. The molecule has 0 amide bonds. The molecule has 0 aromatic heterocycles. The molecule has 2 rings (SSSR count). The molecule has 0 bridgehead atoms. The second kappa shape index (κ2) is 6.20. The molecular formula is C14H18ClNO. The minimum Gasteiger partial charge on any atom is -0.381 e. The van der Waals surface area contributed by atoms with Gasteiger partial charge in [0.2, 0.25) is 0 Å². The van der Waals surface area contributed by atoms with Crippen molar-refractivity contribution in [3.63, 3.8) is 0 Å². The molecule has 0 atom stereocenters. The van der Waals surface area contributed by atoms with Gasteiger partial charge in [-0.15, -0.1) is 0 Å². The first kappa shape index (κ1) is 12.6. The van der Waals surface area contributed by atoms with Crippen molar-refractivity contribution in [2.75, 3.05) is 13.7 Å². The van der Waals surface area contributed by atoms with Gasteiger partial charge in [0.1, 0.15) is 0 Å². The molecule has 0 aliphatic heterocycles. The van der Waals surface area contributed by atoms with Gasteiger partial charge in [0.05, 0.1) is 6.61 Å². The molecule has 0 unspecified atom stereocenters. The monoisotopic (exact) mass is 251 g/mol. The van der Waals surface area contributed by atoms with E-state index in [-0.39, 0.29) is 0 Å². The van der Waals surface area contributed by atoms with Gasteiger partial charge in [0.25, 0.3) is 0 Å². The van der Waals surface area contributed by atoms with Crippen molar-refractivity contribution in [3.05, 3.63) is 40.4 Å². The van der Waals surface area contributed by atoms with Crippen LogP contribution >= 0.6 is 11.6 Å². The topological polar surface area (TPSA) is 21.3 Å². The van der Waals surface area contributed by atoms with Crippen LogP contribution in [0.15, 0.2) is 24.3 Å². The predicted molar refractivity (Wildman–Crippen MR) is 72.2 cm³/mol. The van der Waals surface area contributed by atoms with Crippen LogP contribution in [0.3, 0.4) is 0 Å². The summed E-state index contributed by atoms with van der Waals surface area (Å²) in [5.74, 6) is 0. The number of hydrogen-bond donors (Lipinski definition) is 1. The van der Waals surface area contributed by atoms with Gasteiger partial charge < -0.3 is 10.1 Å². The lowest BCUT2D eigenvalue weighted by Gasteiger charge is -2.05. The van der Waals surface area contributed by atoms with Crippen molar-refractivity contribution in [2.24, 2.45) is 0 Å². The zero-order chi connectivity index (χ0) is 12.1. The normalized spacial score (nSPS) is 15.6. The van der Waals surface area contributed by atoms with Crippen molar-refractivity contribution in [2.45, 2.75) is 25.4 Å². The Morgan fingerprint density at radius 2 is 2.24 bits per heavy atom. The number of ether oxygens (including phenoxy) is 1. The highest BCUT2D eigenvalue weighted by Crippen LogP contribution is 2.21. The van der Waals surface area contributed by atoms with Gasteiger partial charge in [-0.3, -0.25) is 0 Å². The smallest absolute Gasteiger partial charge is 0.0646 e. The van der Waals surface area contributed by atoms with Crippen LogP contribution in [-0.4, -0.2) is 19.8 Å². The van der Waals surface area contributed by atoms with E-state index in [1.807, 2.05) is 24.3 Å². The van der Waals surface area contributed by atoms with E-state index in [9.17, 15) is 0 Å².